The van der Waals surface area contributed by atoms with Crippen molar-refractivity contribution in [2.24, 2.45) is 0 Å². The van der Waals surface area contributed by atoms with Crippen molar-refractivity contribution < 1.29 is 14.7 Å². The molecule has 3 aromatic rings. The molecule has 0 unspecified atom stereocenters. The number of amides is 1. The number of aromatic nitrogens is 1. The number of aromatic carboxylic acids is 1. The van der Waals surface area contributed by atoms with Gasteiger partial charge in [-0.25, -0.2) is 4.79 Å². The fraction of sp³-hybridized carbons (Fsp3) is 0.130. The molecule has 0 fully saturated rings. The van der Waals surface area contributed by atoms with E-state index in [1.54, 1.807) is 18.5 Å². The fourth-order valence-electron chi connectivity index (χ4n) is 3.51. The number of anilines is 1. The van der Waals surface area contributed by atoms with Crippen molar-refractivity contribution in [1.29, 1.82) is 0 Å². The molecule has 0 radical (unpaired) electrons. The number of hydrogen-bond acceptors (Lipinski definition) is 2. The van der Waals surface area contributed by atoms with E-state index >= 15 is 0 Å². The first-order valence-corrected chi connectivity index (χ1v) is 10.0. The minimum absolute atomic E-state index is 0.137. The Labute approximate surface area is 176 Å². The predicted molar refractivity (Wildman–Crippen MR) is 117 cm³/mol. The lowest BCUT2D eigenvalue weighted by molar-refractivity contribution is -0.110. The number of carbonyl (C=O) groups excluding carboxylic acids is 1. The van der Waals surface area contributed by atoms with E-state index in [1.807, 2.05) is 47.0 Å². The Morgan fingerprint density at radius 3 is 2.66 bits per heavy atom. The van der Waals surface area contributed by atoms with Gasteiger partial charge in [-0.1, -0.05) is 41.9 Å². The average molecular weight is 451 g/mol. The van der Waals surface area contributed by atoms with Crippen LogP contribution in [0, 0.1) is 0 Å². The van der Waals surface area contributed by atoms with Crippen molar-refractivity contribution in [2.45, 2.75) is 19.8 Å². The van der Waals surface area contributed by atoms with Gasteiger partial charge in [0.15, 0.2) is 0 Å². The zero-order chi connectivity index (χ0) is 20.7. The molecular weight excluding hydrogens is 432 g/mol. The van der Waals surface area contributed by atoms with Crippen LogP contribution < -0.4 is 5.32 Å². The monoisotopic (exact) mass is 450 g/mol. The maximum Gasteiger partial charge on any atom is 0.337 e. The molecule has 0 aliphatic carbocycles. The minimum Gasteiger partial charge on any atom is -0.478 e. The summed E-state index contributed by atoms with van der Waals surface area (Å²) in [6, 6.07) is 13.3. The number of fused-ring (bicyclic) bond motifs is 1. The Morgan fingerprint density at radius 1 is 1.17 bits per heavy atom. The standard InChI is InChI=1S/C23H19BrN2O3/c1-13(2)17-5-3-14(10-21(17)26-8-7-15(12-26)23(28)29)9-19-18-11-16(24)4-6-20(18)25-22(19)27/h3-13H,1-2H3,(H,25,27)(H,28,29). The summed E-state index contributed by atoms with van der Waals surface area (Å²) in [5, 5.41) is 12.1. The third-order valence-electron chi connectivity index (χ3n) is 4.97. The molecule has 2 heterocycles. The Bertz CT molecular complexity index is 1170. The van der Waals surface area contributed by atoms with Gasteiger partial charge in [0.25, 0.3) is 5.91 Å². The maximum atomic E-state index is 12.5. The molecule has 4 rings (SSSR count). The van der Waals surface area contributed by atoms with Crippen LogP contribution in [0.15, 0.2) is 59.3 Å². The minimum atomic E-state index is -0.960. The summed E-state index contributed by atoms with van der Waals surface area (Å²) < 4.78 is 2.73. The molecule has 0 bridgehead atoms. The van der Waals surface area contributed by atoms with Gasteiger partial charge in [0.05, 0.1) is 5.56 Å². The number of carboxylic acids is 1. The number of rotatable bonds is 4. The average Bonchev–Trinajstić information content (AvgIpc) is 3.27. The second kappa shape index (κ2) is 7.37. The van der Waals surface area contributed by atoms with E-state index in [1.165, 1.54) is 0 Å². The first-order valence-electron chi connectivity index (χ1n) is 9.22. The molecule has 6 heteroatoms. The topological polar surface area (TPSA) is 71.3 Å². The Kier molecular flexibility index (Phi) is 4.88. The number of nitrogens with zero attached hydrogens (tertiary/aromatic N) is 1. The van der Waals surface area contributed by atoms with Crippen LogP contribution >= 0.6 is 15.9 Å². The van der Waals surface area contributed by atoms with Gasteiger partial charge in [0.1, 0.15) is 0 Å². The molecule has 0 saturated heterocycles. The summed E-state index contributed by atoms with van der Waals surface area (Å²) >= 11 is 3.46. The van der Waals surface area contributed by atoms with Crippen molar-refractivity contribution in [2.75, 3.05) is 5.32 Å². The van der Waals surface area contributed by atoms with Crippen LogP contribution in [0.2, 0.25) is 0 Å². The van der Waals surface area contributed by atoms with Crippen LogP contribution in [0.3, 0.4) is 0 Å². The Hall–Kier alpha value is -3.12. The zero-order valence-corrected chi connectivity index (χ0v) is 17.5. The van der Waals surface area contributed by atoms with Crippen LogP contribution in [-0.2, 0) is 4.79 Å². The largest absolute Gasteiger partial charge is 0.478 e. The summed E-state index contributed by atoms with van der Waals surface area (Å²) in [5.74, 6) is -0.839. The van der Waals surface area contributed by atoms with Crippen molar-refractivity contribution in [3.63, 3.8) is 0 Å². The van der Waals surface area contributed by atoms with E-state index in [4.69, 9.17) is 0 Å². The van der Waals surface area contributed by atoms with E-state index in [2.05, 4.69) is 35.1 Å². The highest BCUT2D eigenvalue weighted by molar-refractivity contribution is 9.10. The smallest absolute Gasteiger partial charge is 0.337 e. The molecule has 2 N–H and O–H groups in total. The molecule has 29 heavy (non-hydrogen) atoms. The van der Waals surface area contributed by atoms with E-state index in [9.17, 15) is 14.7 Å². The van der Waals surface area contributed by atoms with Gasteiger partial charge in [0, 0.05) is 39.4 Å². The molecular formula is C23H19BrN2O3. The second-order valence-corrected chi connectivity index (χ2v) is 8.20. The molecule has 1 aliphatic heterocycles. The summed E-state index contributed by atoms with van der Waals surface area (Å²) in [6.45, 7) is 4.19. The van der Waals surface area contributed by atoms with Gasteiger partial charge in [-0.2, -0.15) is 0 Å². The quantitative estimate of drug-likeness (QED) is 0.511. The van der Waals surface area contributed by atoms with Crippen molar-refractivity contribution in [1.82, 2.24) is 4.57 Å². The predicted octanol–water partition coefficient (Wildman–Crippen LogP) is 5.55. The van der Waals surface area contributed by atoms with E-state index in [0.29, 0.717) is 5.57 Å². The number of carboxylic acid groups (broad SMARTS) is 1. The third-order valence-corrected chi connectivity index (χ3v) is 5.46. The Morgan fingerprint density at radius 2 is 1.97 bits per heavy atom. The van der Waals surface area contributed by atoms with Crippen LogP contribution in [0.4, 0.5) is 5.69 Å². The van der Waals surface area contributed by atoms with E-state index in [0.717, 1.165) is 32.5 Å². The van der Waals surface area contributed by atoms with E-state index < -0.39 is 5.97 Å². The molecule has 0 spiro atoms. The van der Waals surface area contributed by atoms with Gasteiger partial charge >= 0.3 is 5.97 Å². The van der Waals surface area contributed by atoms with Crippen LogP contribution in [0.1, 0.15) is 46.8 Å². The highest BCUT2D eigenvalue weighted by Crippen LogP contribution is 2.35. The normalized spacial score (nSPS) is 14.3. The lowest BCUT2D eigenvalue weighted by Crippen LogP contribution is -2.04. The summed E-state index contributed by atoms with van der Waals surface area (Å²) in [6.07, 6.45) is 5.22. The third kappa shape index (κ3) is 3.63. The first kappa shape index (κ1) is 19.2. The highest BCUT2D eigenvalue weighted by Gasteiger charge is 2.24. The maximum absolute atomic E-state index is 12.5. The molecule has 0 atom stereocenters. The number of carbonyl (C=O) groups is 2. The zero-order valence-electron chi connectivity index (χ0n) is 15.9. The molecule has 5 nitrogen and oxygen atoms in total. The SMILES string of the molecule is CC(C)c1ccc(C=C2C(=O)Nc3ccc(Br)cc32)cc1-n1ccc(C(=O)O)c1. The summed E-state index contributed by atoms with van der Waals surface area (Å²) in [4.78, 5) is 23.8. The summed E-state index contributed by atoms with van der Waals surface area (Å²) in [5.41, 5.74) is 5.34. The van der Waals surface area contributed by atoms with Gasteiger partial charge in [-0.3, -0.25) is 4.79 Å². The van der Waals surface area contributed by atoms with Crippen LogP contribution in [0.5, 0.6) is 0 Å². The molecule has 1 amide bonds. The lowest BCUT2D eigenvalue weighted by Gasteiger charge is -2.15. The van der Waals surface area contributed by atoms with Crippen molar-refractivity contribution in [3.8, 4) is 5.69 Å². The molecule has 0 saturated carbocycles. The molecule has 2 aromatic carbocycles. The Balaban J connectivity index is 1.82. The first-order chi connectivity index (χ1) is 13.8. The van der Waals surface area contributed by atoms with Crippen LogP contribution in [-0.4, -0.2) is 21.6 Å². The van der Waals surface area contributed by atoms with Gasteiger partial charge in [0.2, 0.25) is 0 Å². The number of nitrogens with one attached hydrogen (secondary N) is 1. The van der Waals surface area contributed by atoms with E-state index in [-0.39, 0.29) is 17.4 Å². The second-order valence-electron chi connectivity index (χ2n) is 7.29. The molecule has 1 aromatic heterocycles. The highest BCUT2D eigenvalue weighted by atomic mass is 79.9. The van der Waals surface area contributed by atoms with Crippen molar-refractivity contribution >= 4 is 45.1 Å². The lowest BCUT2D eigenvalue weighted by atomic mass is 9.97. The van der Waals surface area contributed by atoms with Gasteiger partial charge in [-0.15, -0.1) is 0 Å². The van der Waals surface area contributed by atoms with Crippen LogP contribution in [0.25, 0.3) is 17.3 Å². The molecule has 146 valence electrons. The van der Waals surface area contributed by atoms with Gasteiger partial charge in [-0.05, 0) is 53.5 Å². The fourth-order valence-corrected chi connectivity index (χ4v) is 3.87. The van der Waals surface area contributed by atoms with Gasteiger partial charge < -0.3 is 15.0 Å². The summed E-state index contributed by atoms with van der Waals surface area (Å²) in [7, 11) is 0. The number of benzene rings is 2. The number of hydrogen-bond donors (Lipinski definition) is 2. The molecule has 1 aliphatic rings. The van der Waals surface area contributed by atoms with Crippen molar-refractivity contribution in [3.05, 3.63) is 81.6 Å². The number of halogens is 1.